The van der Waals surface area contributed by atoms with Crippen molar-refractivity contribution in [1.29, 1.82) is 0 Å². The van der Waals surface area contributed by atoms with Gasteiger partial charge in [-0.3, -0.25) is 0 Å². The number of nitrogens with one attached hydrogen (secondary N) is 1. The van der Waals surface area contributed by atoms with Gasteiger partial charge in [0, 0.05) is 30.1 Å². The van der Waals surface area contributed by atoms with Gasteiger partial charge in [0.05, 0.1) is 12.6 Å². The molecule has 0 spiro atoms. The van der Waals surface area contributed by atoms with E-state index in [2.05, 4.69) is 15.1 Å². The summed E-state index contributed by atoms with van der Waals surface area (Å²) >= 11 is 0. The lowest BCUT2D eigenvalue weighted by atomic mass is 10.2. The molecule has 1 aliphatic heterocycles. The van der Waals surface area contributed by atoms with Gasteiger partial charge in [-0.25, -0.2) is 18.4 Å². The third-order valence-corrected chi connectivity index (χ3v) is 3.92. The van der Waals surface area contributed by atoms with E-state index in [1.54, 1.807) is 6.20 Å². The molecule has 2 aromatic heterocycles. The van der Waals surface area contributed by atoms with Gasteiger partial charge >= 0.3 is 0 Å². The molecule has 1 N–H and O–H groups in total. The van der Waals surface area contributed by atoms with Gasteiger partial charge in [0.25, 0.3) is 0 Å². The number of hydrogen-bond acceptors (Lipinski definition) is 3. The molecule has 1 aromatic carbocycles. The van der Waals surface area contributed by atoms with E-state index in [1.165, 1.54) is 6.07 Å². The molecule has 3 heterocycles. The second-order valence-corrected chi connectivity index (χ2v) is 5.45. The summed E-state index contributed by atoms with van der Waals surface area (Å²) in [6.07, 6.45) is 4.47. The first-order valence-electron chi connectivity index (χ1n) is 7.35. The number of aromatic nitrogens is 4. The number of H-pyrrole nitrogens is 1. The summed E-state index contributed by atoms with van der Waals surface area (Å²) in [5.41, 5.74) is 1.33. The van der Waals surface area contributed by atoms with Crippen LogP contribution < -0.4 is 0 Å². The number of aromatic amines is 1. The number of hydrogen-bond donors (Lipinski definition) is 1. The highest BCUT2D eigenvalue weighted by molar-refractivity contribution is 5.61. The molecule has 0 saturated carbocycles. The van der Waals surface area contributed by atoms with Crippen LogP contribution in [0.25, 0.3) is 22.8 Å². The average molecular weight is 316 g/mol. The van der Waals surface area contributed by atoms with Crippen LogP contribution in [0.15, 0.2) is 36.7 Å². The van der Waals surface area contributed by atoms with Gasteiger partial charge in [0.2, 0.25) is 0 Å². The lowest BCUT2D eigenvalue weighted by molar-refractivity contribution is 0.185. The lowest BCUT2D eigenvalue weighted by Crippen LogP contribution is -2.11. The van der Waals surface area contributed by atoms with E-state index in [0.717, 1.165) is 24.1 Å². The number of halogens is 2. The minimum absolute atomic E-state index is 0.0893. The Morgan fingerprint density at radius 1 is 1.17 bits per heavy atom. The molecule has 3 aromatic rings. The predicted molar refractivity (Wildman–Crippen MR) is 79.6 cm³/mol. The SMILES string of the molecule is Fc1ccc(-c2nc(-c3cc[nH]c3)n(C3CCOC3)n2)cc1F. The number of nitrogens with zero attached hydrogens (tertiary/aromatic N) is 3. The van der Waals surface area contributed by atoms with Crippen LogP contribution in [-0.2, 0) is 4.74 Å². The summed E-state index contributed by atoms with van der Waals surface area (Å²) < 4.78 is 33.9. The van der Waals surface area contributed by atoms with Gasteiger partial charge in [0.15, 0.2) is 23.3 Å². The van der Waals surface area contributed by atoms with Crippen LogP contribution in [0.5, 0.6) is 0 Å². The first-order valence-corrected chi connectivity index (χ1v) is 7.35. The highest BCUT2D eigenvalue weighted by Gasteiger charge is 2.24. The molecule has 4 rings (SSSR count). The number of benzene rings is 1. The smallest absolute Gasteiger partial charge is 0.181 e. The minimum atomic E-state index is -0.911. The Morgan fingerprint density at radius 3 is 2.78 bits per heavy atom. The van der Waals surface area contributed by atoms with Crippen molar-refractivity contribution in [2.24, 2.45) is 0 Å². The summed E-state index contributed by atoms with van der Waals surface area (Å²) in [4.78, 5) is 7.52. The Bertz CT molecular complexity index is 823. The zero-order valence-corrected chi connectivity index (χ0v) is 12.2. The Labute approximate surface area is 130 Å². The molecule has 0 amide bonds. The highest BCUT2D eigenvalue weighted by Crippen LogP contribution is 2.28. The third-order valence-electron chi connectivity index (χ3n) is 3.92. The quantitative estimate of drug-likeness (QED) is 0.807. The molecule has 1 unspecified atom stereocenters. The Kier molecular flexibility index (Phi) is 3.42. The molecule has 0 aliphatic carbocycles. The fourth-order valence-electron chi connectivity index (χ4n) is 2.71. The van der Waals surface area contributed by atoms with Crippen LogP contribution >= 0.6 is 0 Å². The summed E-state index contributed by atoms with van der Waals surface area (Å²) in [7, 11) is 0. The molecule has 7 heteroatoms. The minimum Gasteiger partial charge on any atom is -0.379 e. The van der Waals surface area contributed by atoms with E-state index in [-0.39, 0.29) is 6.04 Å². The summed E-state index contributed by atoms with van der Waals surface area (Å²) in [6.45, 7) is 1.25. The lowest BCUT2D eigenvalue weighted by Gasteiger charge is -2.10. The standard InChI is InChI=1S/C16H14F2N4O/c17-13-2-1-10(7-14(13)18)15-20-16(11-3-5-19-8-11)22(21-15)12-4-6-23-9-12/h1-3,5,7-8,12,19H,4,6,9H2. The van der Waals surface area contributed by atoms with E-state index in [0.29, 0.717) is 30.4 Å². The van der Waals surface area contributed by atoms with Crippen LogP contribution in [0.4, 0.5) is 8.78 Å². The topological polar surface area (TPSA) is 55.7 Å². The van der Waals surface area contributed by atoms with Crippen LogP contribution in [-0.4, -0.2) is 33.0 Å². The molecular formula is C16H14F2N4O. The second kappa shape index (κ2) is 5.58. The number of rotatable bonds is 3. The monoisotopic (exact) mass is 316 g/mol. The maximum atomic E-state index is 13.5. The van der Waals surface area contributed by atoms with E-state index < -0.39 is 11.6 Å². The fraction of sp³-hybridized carbons (Fsp3) is 0.250. The molecular weight excluding hydrogens is 302 g/mol. The first-order chi connectivity index (χ1) is 11.2. The Balaban J connectivity index is 1.82. The van der Waals surface area contributed by atoms with Gasteiger partial charge < -0.3 is 9.72 Å². The number of ether oxygens (including phenoxy) is 1. The molecule has 0 bridgehead atoms. The van der Waals surface area contributed by atoms with Gasteiger partial charge in [-0.05, 0) is 30.7 Å². The third kappa shape index (κ3) is 2.53. The van der Waals surface area contributed by atoms with E-state index >= 15 is 0 Å². The molecule has 1 atom stereocenters. The van der Waals surface area contributed by atoms with Crippen LogP contribution in [0, 0.1) is 11.6 Å². The van der Waals surface area contributed by atoms with Gasteiger partial charge in [-0.2, -0.15) is 5.10 Å². The van der Waals surface area contributed by atoms with Crippen molar-refractivity contribution in [3.8, 4) is 22.8 Å². The molecule has 0 radical (unpaired) electrons. The van der Waals surface area contributed by atoms with E-state index in [9.17, 15) is 8.78 Å². The largest absolute Gasteiger partial charge is 0.379 e. The highest BCUT2D eigenvalue weighted by atomic mass is 19.2. The summed E-state index contributed by atoms with van der Waals surface area (Å²) in [5, 5.41) is 4.51. The first kappa shape index (κ1) is 14.1. The Hall–Kier alpha value is -2.54. The molecule has 23 heavy (non-hydrogen) atoms. The van der Waals surface area contributed by atoms with Crippen molar-refractivity contribution in [3.05, 3.63) is 48.3 Å². The molecule has 1 aliphatic rings. The van der Waals surface area contributed by atoms with Crippen molar-refractivity contribution in [3.63, 3.8) is 0 Å². The normalized spacial score (nSPS) is 17.7. The second-order valence-electron chi connectivity index (χ2n) is 5.45. The average Bonchev–Trinajstić information content (AvgIpc) is 3.30. The predicted octanol–water partition coefficient (Wildman–Crippen LogP) is 3.18. The van der Waals surface area contributed by atoms with Crippen LogP contribution in [0.3, 0.4) is 0 Å². The maximum absolute atomic E-state index is 13.5. The van der Waals surface area contributed by atoms with E-state index in [1.807, 2.05) is 16.9 Å². The van der Waals surface area contributed by atoms with Crippen molar-refractivity contribution in [2.45, 2.75) is 12.5 Å². The van der Waals surface area contributed by atoms with Crippen LogP contribution in [0.1, 0.15) is 12.5 Å². The van der Waals surface area contributed by atoms with Crippen molar-refractivity contribution < 1.29 is 13.5 Å². The van der Waals surface area contributed by atoms with Gasteiger partial charge in [-0.1, -0.05) is 0 Å². The molecule has 1 saturated heterocycles. The van der Waals surface area contributed by atoms with Gasteiger partial charge in [-0.15, -0.1) is 0 Å². The zero-order chi connectivity index (χ0) is 15.8. The zero-order valence-electron chi connectivity index (χ0n) is 12.2. The maximum Gasteiger partial charge on any atom is 0.181 e. The summed E-state index contributed by atoms with van der Waals surface area (Å²) in [6, 6.07) is 5.66. The fourth-order valence-corrected chi connectivity index (χ4v) is 2.71. The van der Waals surface area contributed by atoms with Crippen molar-refractivity contribution in [2.75, 3.05) is 13.2 Å². The van der Waals surface area contributed by atoms with Crippen molar-refractivity contribution in [1.82, 2.24) is 19.7 Å². The van der Waals surface area contributed by atoms with Crippen molar-refractivity contribution >= 4 is 0 Å². The van der Waals surface area contributed by atoms with E-state index in [4.69, 9.17) is 4.74 Å². The van der Waals surface area contributed by atoms with Gasteiger partial charge in [0.1, 0.15) is 0 Å². The summed E-state index contributed by atoms with van der Waals surface area (Å²) in [5.74, 6) is -0.747. The van der Waals surface area contributed by atoms with Crippen LogP contribution in [0.2, 0.25) is 0 Å². The molecule has 1 fully saturated rings. The molecule has 118 valence electrons. The Morgan fingerprint density at radius 2 is 2.09 bits per heavy atom. The molecule has 5 nitrogen and oxygen atoms in total.